The van der Waals surface area contributed by atoms with Gasteiger partial charge in [-0.25, -0.2) is 4.79 Å². The fourth-order valence-corrected chi connectivity index (χ4v) is 2.29. The molecule has 0 radical (unpaired) electrons. The van der Waals surface area contributed by atoms with E-state index >= 15 is 0 Å². The monoisotopic (exact) mass is 297 g/mol. The summed E-state index contributed by atoms with van der Waals surface area (Å²) in [5.41, 5.74) is 0. The molecule has 1 atom stereocenters. The van der Waals surface area contributed by atoms with Gasteiger partial charge in [0.2, 0.25) is 5.91 Å². The van der Waals surface area contributed by atoms with Gasteiger partial charge in [0.15, 0.2) is 0 Å². The summed E-state index contributed by atoms with van der Waals surface area (Å²) in [6.07, 6.45) is 0.964. The van der Waals surface area contributed by atoms with Crippen molar-refractivity contribution in [2.45, 2.75) is 31.7 Å². The summed E-state index contributed by atoms with van der Waals surface area (Å²) < 4.78 is 0. The lowest BCUT2D eigenvalue weighted by atomic mass is 9.95. The minimum absolute atomic E-state index is 0.306. The van der Waals surface area contributed by atoms with Gasteiger partial charge in [-0.2, -0.15) is 5.26 Å². The number of carboxylic acids is 2. The van der Waals surface area contributed by atoms with Crippen LogP contribution in [-0.4, -0.2) is 58.6 Å². The van der Waals surface area contributed by atoms with Gasteiger partial charge in [-0.15, -0.1) is 0 Å². The number of carbonyl (C=O) groups is 3. The van der Waals surface area contributed by atoms with Gasteiger partial charge >= 0.3 is 11.9 Å². The molecule has 0 spiro atoms. The van der Waals surface area contributed by atoms with Gasteiger partial charge in [-0.1, -0.05) is 0 Å². The highest BCUT2D eigenvalue weighted by Crippen LogP contribution is 2.17. The maximum absolute atomic E-state index is 12.0. The molecule has 1 heterocycles. The molecule has 0 aromatic heterocycles. The van der Waals surface area contributed by atoms with E-state index in [1.54, 1.807) is 0 Å². The van der Waals surface area contributed by atoms with Crippen molar-refractivity contribution in [1.29, 1.82) is 5.26 Å². The van der Waals surface area contributed by atoms with E-state index in [1.165, 1.54) is 0 Å². The largest absolute Gasteiger partial charge is 0.481 e. The molecule has 1 rings (SSSR count). The van der Waals surface area contributed by atoms with E-state index in [4.69, 9.17) is 15.5 Å². The lowest BCUT2D eigenvalue weighted by Crippen LogP contribution is -2.47. The van der Waals surface area contributed by atoms with Gasteiger partial charge in [0.05, 0.1) is 12.5 Å². The smallest absolute Gasteiger partial charge is 0.326 e. The quantitative estimate of drug-likeness (QED) is 0.585. The third-order valence-electron chi connectivity index (χ3n) is 3.49. The lowest BCUT2D eigenvalue weighted by Gasteiger charge is -2.31. The van der Waals surface area contributed by atoms with E-state index in [2.05, 4.69) is 16.3 Å². The van der Waals surface area contributed by atoms with Crippen molar-refractivity contribution in [2.75, 3.05) is 19.6 Å². The van der Waals surface area contributed by atoms with Crippen molar-refractivity contribution in [3.8, 4) is 6.07 Å². The van der Waals surface area contributed by atoms with E-state index in [-0.39, 0.29) is 5.92 Å². The Balaban J connectivity index is 2.44. The fourth-order valence-electron chi connectivity index (χ4n) is 2.29. The second-order valence-corrected chi connectivity index (χ2v) is 5.02. The lowest BCUT2D eigenvalue weighted by molar-refractivity contribution is -0.147. The molecule has 0 aliphatic carbocycles. The van der Waals surface area contributed by atoms with E-state index < -0.39 is 30.3 Å². The zero-order chi connectivity index (χ0) is 15.8. The van der Waals surface area contributed by atoms with Crippen LogP contribution in [0.5, 0.6) is 0 Å². The van der Waals surface area contributed by atoms with Crippen LogP contribution >= 0.6 is 0 Å². The molecule has 1 aliphatic rings. The first-order chi connectivity index (χ1) is 9.93. The predicted octanol–water partition coefficient (Wildman–Crippen LogP) is -0.344. The van der Waals surface area contributed by atoms with Crippen LogP contribution < -0.4 is 5.32 Å². The highest BCUT2D eigenvalue weighted by Gasteiger charge is 2.29. The number of likely N-dealkylation sites (tertiary alicyclic amines) is 1. The number of aliphatic carboxylic acids is 2. The normalized spacial score (nSPS) is 17.7. The second kappa shape index (κ2) is 8.21. The summed E-state index contributed by atoms with van der Waals surface area (Å²) in [5, 5.41) is 28.3. The first-order valence-electron chi connectivity index (χ1n) is 6.78. The Morgan fingerprint density at radius 3 is 2.38 bits per heavy atom. The molecule has 1 amide bonds. The third kappa shape index (κ3) is 5.79. The number of amides is 1. The van der Waals surface area contributed by atoms with E-state index in [0.29, 0.717) is 38.9 Å². The number of carboxylic acid groups (broad SMARTS) is 2. The molecule has 21 heavy (non-hydrogen) atoms. The number of hydrogen-bond acceptors (Lipinski definition) is 5. The molecule has 0 aromatic rings. The molecule has 8 heteroatoms. The van der Waals surface area contributed by atoms with E-state index in [9.17, 15) is 14.4 Å². The summed E-state index contributed by atoms with van der Waals surface area (Å²) in [5.74, 6) is -3.34. The molecular formula is C13H19N3O5. The number of nitriles is 1. The van der Waals surface area contributed by atoms with E-state index in [0.717, 1.165) is 0 Å². The molecule has 3 N–H and O–H groups in total. The Kier molecular flexibility index (Phi) is 6.62. The summed E-state index contributed by atoms with van der Waals surface area (Å²) >= 11 is 0. The molecule has 8 nitrogen and oxygen atoms in total. The van der Waals surface area contributed by atoms with Crippen LogP contribution in [0.4, 0.5) is 0 Å². The predicted molar refractivity (Wildman–Crippen MR) is 71.2 cm³/mol. The number of nitrogens with one attached hydrogen (secondary N) is 1. The Labute approximate surface area is 122 Å². The average molecular weight is 297 g/mol. The topological polar surface area (TPSA) is 131 Å². The molecule has 1 saturated heterocycles. The van der Waals surface area contributed by atoms with Crippen molar-refractivity contribution in [3.63, 3.8) is 0 Å². The van der Waals surface area contributed by atoms with Crippen molar-refractivity contribution in [1.82, 2.24) is 10.2 Å². The van der Waals surface area contributed by atoms with Crippen molar-refractivity contribution < 1.29 is 24.6 Å². The molecule has 116 valence electrons. The SMILES string of the molecule is N#CCCN1CCC(C(=O)NC(CC(=O)O)C(=O)O)CC1. The second-order valence-electron chi connectivity index (χ2n) is 5.02. The van der Waals surface area contributed by atoms with Crippen LogP contribution in [0.25, 0.3) is 0 Å². The minimum Gasteiger partial charge on any atom is -0.481 e. The highest BCUT2D eigenvalue weighted by molar-refractivity contribution is 5.87. The van der Waals surface area contributed by atoms with Gasteiger partial charge in [0.25, 0.3) is 0 Å². The molecule has 1 unspecified atom stereocenters. The van der Waals surface area contributed by atoms with Gasteiger partial charge in [0.1, 0.15) is 6.04 Å². The standard InChI is InChI=1S/C13H19N3O5/c14-4-1-5-16-6-2-9(3-7-16)12(19)15-10(13(20)21)8-11(17)18/h9-10H,1-3,5-8H2,(H,15,19)(H,17,18)(H,20,21). The Morgan fingerprint density at radius 2 is 1.90 bits per heavy atom. The van der Waals surface area contributed by atoms with Gasteiger partial charge in [-0.3, -0.25) is 9.59 Å². The zero-order valence-electron chi connectivity index (χ0n) is 11.6. The van der Waals surface area contributed by atoms with Gasteiger partial charge in [0, 0.05) is 18.9 Å². The van der Waals surface area contributed by atoms with Crippen LogP contribution in [-0.2, 0) is 14.4 Å². The highest BCUT2D eigenvalue weighted by atomic mass is 16.4. The van der Waals surface area contributed by atoms with Gasteiger partial charge < -0.3 is 20.4 Å². The number of piperidine rings is 1. The molecular weight excluding hydrogens is 278 g/mol. The number of nitrogens with zero attached hydrogens (tertiary/aromatic N) is 2. The summed E-state index contributed by atoms with van der Waals surface area (Å²) in [7, 11) is 0. The summed E-state index contributed by atoms with van der Waals surface area (Å²) in [6.45, 7) is 2.02. The first kappa shape index (κ1) is 16.9. The fraction of sp³-hybridized carbons (Fsp3) is 0.692. The number of hydrogen-bond donors (Lipinski definition) is 3. The number of rotatable bonds is 7. The molecule has 1 aliphatic heterocycles. The minimum atomic E-state index is -1.40. The van der Waals surface area contributed by atoms with Crippen molar-refractivity contribution in [3.05, 3.63) is 0 Å². The average Bonchev–Trinajstić information content (AvgIpc) is 2.44. The Bertz CT molecular complexity index is 438. The van der Waals surface area contributed by atoms with Gasteiger partial charge in [-0.05, 0) is 25.9 Å². The first-order valence-corrected chi connectivity index (χ1v) is 6.78. The zero-order valence-corrected chi connectivity index (χ0v) is 11.6. The van der Waals surface area contributed by atoms with Crippen LogP contribution in [0.15, 0.2) is 0 Å². The Morgan fingerprint density at radius 1 is 1.29 bits per heavy atom. The number of carbonyl (C=O) groups excluding carboxylic acids is 1. The van der Waals surface area contributed by atoms with Crippen LogP contribution in [0.1, 0.15) is 25.7 Å². The summed E-state index contributed by atoms with van der Waals surface area (Å²) in [4.78, 5) is 35.5. The maximum Gasteiger partial charge on any atom is 0.326 e. The molecule has 0 bridgehead atoms. The van der Waals surface area contributed by atoms with Crippen molar-refractivity contribution >= 4 is 17.8 Å². The Hall–Kier alpha value is -2.14. The maximum atomic E-state index is 12.0. The van der Waals surface area contributed by atoms with Crippen LogP contribution in [0.2, 0.25) is 0 Å². The molecule has 0 aromatic carbocycles. The molecule has 0 saturated carbocycles. The third-order valence-corrected chi connectivity index (χ3v) is 3.49. The molecule has 1 fully saturated rings. The van der Waals surface area contributed by atoms with E-state index in [1.807, 2.05) is 0 Å². The van der Waals surface area contributed by atoms with Crippen LogP contribution in [0.3, 0.4) is 0 Å². The van der Waals surface area contributed by atoms with Crippen molar-refractivity contribution in [2.24, 2.45) is 5.92 Å². The van der Waals surface area contributed by atoms with Crippen LogP contribution in [0, 0.1) is 17.2 Å². The summed E-state index contributed by atoms with van der Waals surface area (Å²) in [6, 6.07) is 0.667.